The van der Waals surface area contributed by atoms with E-state index < -0.39 is 0 Å². The van der Waals surface area contributed by atoms with Gasteiger partial charge < -0.3 is 15.6 Å². The average Bonchev–Trinajstić information content (AvgIpc) is 3.07. The van der Waals surface area contributed by atoms with Gasteiger partial charge in [-0.05, 0) is 42.5 Å². The van der Waals surface area contributed by atoms with Crippen molar-refractivity contribution in [3.05, 3.63) is 72.7 Å². The summed E-state index contributed by atoms with van der Waals surface area (Å²) in [6.07, 6.45) is 1.70. The molecule has 0 radical (unpaired) electrons. The van der Waals surface area contributed by atoms with E-state index in [1.54, 1.807) is 12.3 Å². The molecule has 0 bridgehead atoms. The van der Waals surface area contributed by atoms with E-state index >= 15 is 0 Å². The van der Waals surface area contributed by atoms with Crippen molar-refractivity contribution in [3.8, 4) is 11.3 Å². The number of H-pyrrole nitrogens is 1. The summed E-state index contributed by atoms with van der Waals surface area (Å²) in [4.78, 5) is 19.0. The molecule has 1 amide bonds. The van der Waals surface area contributed by atoms with Gasteiger partial charge in [-0.1, -0.05) is 18.2 Å². The molecular weight excluding hydrogens is 343 g/mol. The number of carbonyl (C=O) groups is 1. The van der Waals surface area contributed by atoms with Gasteiger partial charge in [-0.25, -0.2) is 9.37 Å². The summed E-state index contributed by atoms with van der Waals surface area (Å²) in [5.41, 5.74) is 3.98. The minimum atomic E-state index is -0.280. The molecule has 0 aliphatic heterocycles. The molecule has 0 atom stereocenters. The van der Waals surface area contributed by atoms with E-state index in [0.717, 1.165) is 27.8 Å². The van der Waals surface area contributed by atoms with Crippen molar-refractivity contribution in [1.82, 2.24) is 9.97 Å². The van der Waals surface area contributed by atoms with Gasteiger partial charge in [0.25, 0.3) is 0 Å². The van der Waals surface area contributed by atoms with E-state index in [1.807, 2.05) is 42.5 Å². The smallest absolute Gasteiger partial charge is 0.221 e. The first-order valence-corrected chi connectivity index (χ1v) is 8.47. The summed E-state index contributed by atoms with van der Waals surface area (Å²) in [6.45, 7) is 1.47. The Hall–Kier alpha value is -3.67. The van der Waals surface area contributed by atoms with Crippen molar-refractivity contribution < 1.29 is 9.18 Å². The first-order valence-electron chi connectivity index (χ1n) is 8.47. The minimum Gasteiger partial charge on any atom is -0.354 e. The van der Waals surface area contributed by atoms with Crippen molar-refractivity contribution >= 4 is 34.0 Å². The summed E-state index contributed by atoms with van der Waals surface area (Å²) < 4.78 is 13.5. The van der Waals surface area contributed by atoms with Gasteiger partial charge in [0, 0.05) is 41.1 Å². The molecule has 4 aromatic rings. The van der Waals surface area contributed by atoms with Crippen LogP contribution in [0.25, 0.3) is 22.2 Å². The number of nitrogens with one attached hydrogen (secondary N) is 3. The maximum Gasteiger partial charge on any atom is 0.221 e. The van der Waals surface area contributed by atoms with Gasteiger partial charge in [0.05, 0.1) is 5.52 Å². The highest BCUT2D eigenvalue weighted by molar-refractivity contribution is 5.95. The molecule has 134 valence electrons. The minimum absolute atomic E-state index is 0.127. The number of pyridine rings is 1. The summed E-state index contributed by atoms with van der Waals surface area (Å²) in [5, 5.41) is 6.93. The van der Waals surface area contributed by atoms with Crippen LogP contribution in [0.1, 0.15) is 6.92 Å². The van der Waals surface area contributed by atoms with E-state index in [2.05, 4.69) is 20.6 Å². The number of hydrogen-bond donors (Lipinski definition) is 3. The second kappa shape index (κ2) is 6.92. The van der Waals surface area contributed by atoms with Crippen LogP contribution in [-0.2, 0) is 4.79 Å². The first kappa shape index (κ1) is 16.8. The van der Waals surface area contributed by atoms with Crippen LogP contribution in [0.5, 0.6) is 0 Å². The third kappa shape index (κ3) is 3.64. The Morgan fingerprint density at radius 1 is 1.04 bits per heavy atom. The molecule has 2 heterocycles. The fourth-order valence-corrected chi connectivity index (χ4v) is 2.98. The predicted molar refractivity (Wildman–Crippen MR) is 106 cm³/mol. The first-order chi connectivity index (χ1) is 13.1. The Kier molecular flexibility index (Phi) is 4.30. The molecule has 2 aromatic carbocycles. The van der Waals surface area contributed by atoms with E-state index in [1.165, 1.54) is 19.1 Å². The number of nitrogens with zero attached hydrogens (tertiary/aromatic N) is 1. The number of carbonyl (C=O) groups excluding carboxylic acids is 1. The highest BCUT2D eigenvalue weighted by Crippen LogP contribution is 2.30. The second-order valence-electron chi connectivity index (χ2n) is 6.20. The molecule has 5 nitrogen and oxygen atoms in total. The summed E-state index contributed by atoms with van der Waals surface area (Å²) in [5.74, 6) is 0.265. The van der Waals surface area contributed by atoms with E-state index in [9.17, 15) is 9.18 Å². The van der Waals surface area contributed by atoms with Crippen LogP contribution in [0.2, 0.25) is 0 Å². The molecule has 4 rings (SSSR count). The van der Waals surface area contributed by atoms with Crippen molar-refractivity contribution in [1.29, 1.82) is 0 Å². The quantitative estimate of drug-likeness (QED) is 0.476. The lowest BCUT2D eigenvalue weighted by Crippen LogP contribution is -2.05. The van der Waals surface area contributed by atoms with Crippen molar-refractivity contribution in [2.24, 2.45) is 0 Å². The zero-order valence-electron chi connectivity index (χ0n) is 14.6. The second-order valence-corrected chi connectivity index (χ2v) is 6.20. The van der Waals surface area contributed by atoms with Gasteiger partial charge in [-0.15, -0.1) is 0 Å². The van der Waals surface area contributed by atoms with Crippen LogP contribution in [0.4, 0.5) is 21.6 Å². The lowest BCUT2D eigenvalue weighted by atomic mass is 10.1. The van der Waals surface area contributed by atoms with Gasteiger partial charge in [0.1, 0.15) is 11.6 Å². The maximum atomic E-state index is 13.5. The number of hydrogen-bond acceptors (Lipinski definition) is 3. The number of aromatic nitrogens is 2. The van der Waals surface area contributed by atoms with Crippen molar-refractivity contribution in [2.75, 3.05) is 10.6 Å². The van der Waals surface area contributed by atoms with E-state index in [-0.39, 0.29) is 11.7 Å². The van der Waals surface area contributed by atoms with Gasteiger partial charge in [0.15, 0.2) is 0 Å². The number of aromatic amines is 1. The lowest BCUT2D eigenvalue weighted by molar-refractivity contribution is -0.114. The maximum absolute atomic E-state index is 13.5. The molecule has 0 aliphatic carbocycles. The van der Waals surface area contributed by atoms with Crippen LogP contribution < -0.4 is 10.6 Å². The van der Waals surface area contributed by atoms with Gasteiger partial charge in [-0.3, -0.25) is 4.79 Å². The molecule has 0 saturated carbocycles. The Morgan fingerprint density at radius 2 is 1.85 bits per heavy atom. The average molecular weight is 360 g/mol. The molecule has 3 N–H and O–H groups in total. The molecule has 0 fully saturated rings. The summed E-state index contributed by atoms with van der Waals surface area (Å²) >= 11 is 0. The van der Waals surface area contributed by atoms with Crippen LogP contribution in [0, 0.1) is 5.82 Å². The number of benzene rings is 2. The number of fused-ring (bicyclic) bond motifs is 1. The Balaban J connectivity index is 1.69. The molecule has 0 saturated heterocycles. The Labute approximate surface area is 155 Å². The van der Waals surface area contributed by atoms with Crippen LogP contribution in [0.3, 0.4) is 0 Å². The van der Waals surface area contributed by atoms with Gasteiger partial charge in [-0.2, -0.15) is 0 Å². The van der Waals surface area contributed by atoms with Gasteiger partial charge in [0.2, 0.25) is 5.91 Å². The zero-order chi connectivity index (χ0) is 18.8. The number of amides is 1. The normalized spacial score (nSPS) is 10.7. The topological polar surface area (TPSA) is 69.8 Å². The number of rotatable bonds is 4. The molecule has 6 heteroatoms. The van der Waals surface area contributed by atoms with Crippen molar-refractivity contribution in [3.63, 3.8) is 0 Å². The summed E-state index contributed by atoms with van der Waals surface area (Å²) in [7, 11) is 0. The SMILES string of the molecule is CC(=O)Nc1cccc(Nc2nccc3[nH]c(-c4cccc(F)c4)cc23)c1. The fourth-order valence-electron chi connectivity index (χ4n) is 2.98. The highest BCUT2D eigenvalue weighted by atomic mass is 19.1. The standard InChI is InChI=1S/C21H17FN4O/c1-13(27)24-16-6-3-7-17(11-16)25-21-18-12-20(26-19(18)8-9-23-21)14-4-2-5-15(22)10-14/h2-12,26H,1H3,(H,23,25)(H,24,27). The van der Waals surface area contributed by atoms with E-state index in [0.29, 0.717) is 11.5 Å². The largest absolute Gasteiger partial charge is 0.354 e. The molecule has 27 heavy (non-hydrogen) atoms. The third-order valence-corrected chi connectivity index (χ3v) is 4.13. The fraction of sp³-hybridized carbons (Fsp3) is 0.0476. The monoisotopic (exact) mass is 360 g/mol. The van der Waals surface area contributed by atoms with Crippen molar-refractivity contribution in [2.45, 2.75) is 6.92 Å². The molecule has 2 aromatic heterocycles. The van der Waals surface area contributed by atoms with Crippen LogP contribution in [-0.4, -0.2) is 15.9 Å². The predicted octanol–water partition coefficient (Wildman–Crippen LogP) is 5.07. The lowest BCUT2D eigenvalue weighted by Gasteiger charge is -2.09. The third-order valence-electron chi connectivity index (χ3n) is 4.13. The number of halogens is 1. The van der Waals surface area contributed by atoms with Gasteiger partial charge >= 0.3 is 0 Å². The van der Waals surface area contributed by atoms with Crippen LogP contribution in [0.15, 0.2) is 66.9 Å². The molecule has 0 spiro atoms. The highest BCUT2D eigenvalue weighted by Gasteiger charge is 2.09. The summed E-state index contributed by atoms with van der Waals surface area (Å²) in [6, 6.07) is 17.7. The molecular formula is C21H17FN4O. The Morgan fingerprint density at radius 3 is 2.67 bits per heavy atom. The zero-order valence-corrected chi connectivity index (χ0v) is 14.6. The number of anilines is 3. The van der Waals surface area contributed by atoms with Crippen LogP contribution >= 0.6 is 0 Å². The Bertz CT molecular complexity index is 1140. The molecule has 0 unspecified atom stereocenters. The van der Waals surface area contributed by atoms with E-state index in [4.69, 9.17) is 0 Å². The molecule has 0 aliphatic rings.